The molecule has 3 nitrogen and oxygen atoms in total. The van der Waals surface area contributed by atoms with Gasteiger partial charge in [-0.2, -0.15) is 0 Å². The first-order valence-electron chi connectivity index (χ1n) is 7.69. The summed E-state index contributed by atoms with van der Waals surface area (Å²) < 4.78 is 5.71. The summed E-state index contributed by atoms with van der Waals surface area (Å²) >= 11 is 5.86. The smallest absolute Gasteiger partial charge is 0.124 e. The van der Waals surface area contributed by atoms with Gasteiger partial charge in [-0.05, 0) is 42.0 Å². The summed E-state index contributed by atoms with van der Waals surface area (Å²) in [5.41, 5.74) is 2.85. The molecule has 0 aromatic heterocycles. The van der Waals surface area contributed by atoms with E-state index >= 15 is 0 Å². The Morgan fingerprint density at radius 2 is 1.67 bits per heavy atom. The summed E-state index contributed by atoms with van der Waals surface area (Å²) in [6.45, 7) is 0.978. The highest BCUT2D eigenvalue weighted by molar-refractivity contribution is 6.30. The van der Waals surface area contributed by atoms with Gasteiger partial charge in [-0.25, -0.2) is 0 Å². The van der Waals surface area contributed by atoms with Gasteiger partial charge in [-0.1, -0.05) is 41.9 Å². The Morgan fingerprint density at radius 3 is 2.38 bits per heavy atom. The fourth-order valence-electron chi connectivity index (χ4n) is 2.28. The number of phenols is 1. The Labute approximate surface area is 146 Å². The topological polar surface area (TPSA) is 41.5 Å². The zero-order valence-electron chi connectivity index (χ0n) is 13.1. The van der Waals surface area contributed by atoms with Crippen LogP contribution in [0.2, 0.25) is 5.02 Å². The zero-order valence-corrected chi connectivity index (χ0v) is 13.8. The summed E-state index contributed by atoms with van der Waals surface area (Å²) in [5.74, 6) is 0.845. The highest BCUT2D eigenvalue weighted by atomic mass is 35.5. The largest absolute Gasteiger partial charge is 0.507 e. The molecular formula is C20H18ClNO2. The average Bonchev–Trinajstić information content (AvgIpc) is 2.61. The monoisotopic (exact) mass is 339 g/mol. The van der Waals surface area contributed by atoms with E-state index in [1.807, 2.05) is 66.7 Å². The number of hydrogen-bond donors (Lipinski definition) is 2. The van der Waals surface area contributed by atoms with Crippen LogP contribution < -0.4 is 10.1 Å². The summed E-state index contributed by atoms with van der Waals surface area (Å²) in [6, 6.07) is 22.7. The van der Waals surface area contributed by atoms with E-state index in [-0.39, 0.29) is 5.75 Å². The molecule has 0 saturated heterocycles. The van der Waals surface area contributed by atoms with Gasteiger partial charge in [0.05, 0.1) is 0 Å². The second kappa shape index (κ2) is 7.75. The molecule has 24 heavy (non-hydrogen) atoms. The molecule has 0 saturated carbocycles. The van der Waals surface area contributed by atoms with Crippen molar-refractivity contribution >= 4 is 17.3 Å². The molecule has 3 aromatic rings. The molecule has 0 aliphatic rings. The second-order valence-electron chi connectivity index (χ2n) is 5.43. The van der Waals surface area contributed by atoms with Crippen LogP contribution in [0.25, 0.3) is 0 Å². The minimum Gasteiger partial charge on any atom is -0.507 e. The van der Waals surface area contributed by atoms with E-state index in [4.69, 9.17) is 16.3 Å². The first kappa shape index (κ1) is 16.2. The van der Waals surface area contributed by atoms with E-state index in [1.54, 1.807) is 6.07 Å². The fraction of sp³-hybridized carbons (Fsp3) is 0.100. The lowest BCUT2D eigenvalue weighted by Crippen LogP contribution is -2.00. The van der Waals surface area contributed by atoms with E-state index < -0.39 is 0 Å². The van der Waals surface area contributed by atoms with Gasteiger partial charge >= 0.3 is 0 Å². The molecule has 0 spiro atoms. The Balaban J connectivity index is 1.58. The van der Waals surface area contributed by atoms with Crippen LogP contribution in [0.4, 0.5) is 5.69 Å². The Morgan fingerprint density at radius 1 is 0.917 bits per heavy atom. The first-order valence-corrected chi connectivity index (χ1v) is 8.06. The summed E-state index contributed by atoms with van der Waals surface area (Å²) in [6.07, 6.45) is 0. The predicted octanol–water partition coefficient (Wildman–Crippen LogP) is 5.24. The maximum atomic E-state index is 10.2. The number of halogens is 1. The van der Waals surface area contributed by atoms with Gasteiger partial charge in [0.25, 0.3) is 0 Å². The fourth-order valence-corrected chi connectivity index (χ4v) is 2.41. The minimum atomic E-state index is 0.215. The number of ether oxygens (including phenoxy) is 1. The maximum absolute atomic E-state index is 10.2. The Hall–Kier alpha value is -2.65. The molecule has 3 rings (SSSR count). The number of hydrogen-bond acceptors (Lipinski definition) is 3. The minimum absolute atomic E-state index is 0.215. The van der Waals surface area contributed by atoms with Crippen LogP contribution in [0.5, 0.6) is 11.5 Å². The molecule has 0 bridgehead atoms. The van der Waals surface area contributed by atoms with Gasteiger partial charge in [-0.15, -0.1) is 0 Å². The summed E-state index contributed by atoms with van der Waals surface area (Å²) in [4.78, 5) is 0. The molecular weight excluding hydrogens is 322 g/mol. The van der Waals surface area contributed by atoms with Crippen LogP contribution in [0, 0.1) is 0 Å². The van der Waals surface area contributed by atoms with Crippen molar-refractivity contribution in [3.63, 3.8) is 0 Å². The molecule has 122 valence electrons. The van der Waals surface area contributed by atoms with Crippen molar-refractivity contribution in [3.8, 4) is 11.5 Å². The van der Waals surface area contributed by atoms with Crippen LogP contribution >= 0.6 is 11.6 Å². The SMILES string of the molecule is Oc1cc(OCc2ccc(Cl)cc2)ccc1CNc1ccccc1. The van der Waals surface area contributed by atoms with Crippen molar-refractivity contribution in [2.75, 3.05) is 5.32 Å². The van der Waals surface area contributed by atoms with Gasteiger partial charge in [0.1, 0.15) is 18.1 Å². The molecule has 0 amide bonds. The Bertz CT molecular complexity index is 788. The highest BCUT2D eigenvalue weighted by Gasteiger charge is 2.04. The van der Waals surface area contributed by atoms with Crippen LogP contribution in [0.3, 0.4) is 0 Å². The van der Waals surface area contributed by atoms with E-state index in [0.29, 0.717) is 23.9 Å². The molecule has 3 aromatic carbocycles. The molecule has 2 N–H and O–H groups in total. The van der Waals surface area contributed by atoms with Crippen LogP contribution in [-0.2, 0) is 13.2 Å². The third-order valence-electron chi connectivity index (χ3n) is 3.63. The standard InChI is InChI=1S/C20H18ClNO2/c21-17-9-6-15(7-10-17)14-24-19-11-8-16(20(23)12-19)13-22-18-4-2-1-3-5-18/h1-12,22-23H,13-14H2. The van der Waals surface area contributed by atoms with E-state index in [0.717, 1.165) is 16.8 Å². The zero-order chi connectivity index (χ0) is 16.8. The van der Waals surface area contributed by atoms with Crippen LogP contribution in [0.1, 0.15) is 11.1 Å². The lowest BCUT2D eigenvalue weighted by molar-refractivity contribution is 0.304. The van der Waals surface area contributed by atoms with Gasteiger partial charge in [-0.3, -0.25) is 0 Å². The number of aromatic hydroxyl groups is 1. The van der Waals surface area contributed by atoms with Gasteiger partial charge in [0.15, 0.2) is 0 Å². The molecule has 0 fully saturated rings. The van der Waals surface area contributed by atoms with Gasteiger partial charge < -0.3 is 15.2 Å². The van der Waals surface area contributed by atoms with Crippen molar-refractivity contribution in [3.05, 3.63) is 88.9 Å². The van der Waals surface area contributed by atoms with Crippen molar-refractivity contribution in [2.45, 2.75) is 13.2 Å². The number of anilines is 1. The van der Waals surface area contributed by atoms with Crippen LogP contribution in [0.15, 0.2) is 72.8 Å². The van der Waals surface area contributed by atoms with E-state index in [1.165, 1.54) is 0 Å². The molecule has 0 aliphatic carbocycles. The second-order valence-corrected chi connectivity index (χ2v) is 5.86. The summed E-state index contributed by atoms with van der Waals surface area (Å²) in [7, 11) is 0. The lowest BCUT2D eigenvalue weighted by Gasteiger charge is -2.11. The normalized spacial score (nSPS) is 10.4. The number of benzene rings is 3. The van der Waals surface area contributed by atoms with Crippen molar-refractivity contribution in [2.24, 2.45) is 0 Å². The van der Waals surface area contributed by atoms with Crippen molar-refractivity contribution in [1.82, 2.24) is 0 Å². The van der Waals surface area contributed by atoms with E-state index in [2.05, 4.69) is 5.32 Å². The van der Waals surface area contributed by atoms with E-state index in [9.17, 15) is 5.11 Å². The van der Waals surface area contributed by atoms with Crippen molar-refractivity contribution < 1.29 is 9.84 Å². The number of rotatable bonds is 6. The summed E-state index contributed by atoms with van der Waals surface area (Å²) in [5, 5.41) is 14.1. The Kier molecular flexibility index (Phi) is 5.24. The molecule has 0 heterocycles. The number of nitrogens with one attached hydrogen (secondary N) is 1. The lowest BCUT2D eigenvalue weighted by atomic mass is 10.2. The molecule has 0 unspecified atom stereocenters. The number of para-hydroxylation sites is 1. The van der Waals surface area contributed by atoms with Gasteiger partial charge in [0, 0.05) is 28.9 Å². The quantitative estimate of drug-likeness (QED) is 0.645. The maximum Gasteiger partial charge on any atom is 0.124 e. The predicted molar refractivity (Wildman–Crippen MR) is 97.7 cm³/mol. The molecule has 0 atom stereocenters. The first-order chi connectivity index (χ1) is 11.7. The molecule has 4 heteroatoms. The highest BCUT2D eigenvalue weighted by Crippen LogP contribution is 2.25. The third kappa shape index (κ3) is 4.43. The number of phenolic OH excluding ortho intramolecular Hbond substituents is 1. The average molecular weight is 340 g/mol. The van der Waals surface area contributed by atoms with Gasteiger partial charge in [0.2, 0.25) is 0 Å². The van der Waals surface area contributed by atoms with Crippen LogP contribution in [-0.4, -0.2) is 5.11 Å². The third-order valence-corrected chi connectivity index (χ3v) is 3.88. The molecule has 0 aliphatic heterocycles. The molecule has 0 radical (unpaired) electrons. The van der Waals surface area contributed by atoms with Crippen molar-refractivity contribution in [1.29, 1.82) is 0 Å².